The first-order valence-corrected chi connectivity index (χ1v) is 12.4. The first kappa shape index (κ1) is 27.7. The molecule has 194 valence electrons. The molecular formula is C24H29ClFN5O4S. The fraction of sp³-hybridized carbons (Fsp3) is 0.417. The molecule has 1 aromatic heterocycles. The van der Waals surface area contributed by atoms with Crippen molar-refractivity contribution < 1.29 is 18.8 Å². The maximum Gasteiger partial charge on any atom is 0.293 e. The zero-order valence-electron chi connectivity index (χ0n) is 20.2. The molecule has 2 aromatic carbocycles. The Hall–Kier alpha value is -2.86. The number of carbonyl (C=O) groups excluding carboxylic acids is 1. The number of hydrogen-bond acceptors (Lipinski definition) is 8. The van der Waals surface area contributed by atoms with E-state index in [9.17, 15) is 19.3 Å². The monoisotopic (exact) mass is 537 g/mol. The van der Waals surface area contributed by atoms with Crippen LogP contribution < -0.4 is 9.80 Å². The van der Waals surface area contributed by atoms with E-state index in [0.717, 1.165) is 13.1 Å². The summed E-state index contributed by atoms with van der Waals surface area (Å²) in [5.74, 6) is -0.861. The molecular weight excluding hydrogens is 509 g/mol. The fourth-order valence-corrected chi connectivity index (χ4v) is 5.12. The zero-order chi connectivity index (χ0) is 24.9. The van der Waals surface area contributed by atoms with Gasteiger partial charge in [-0.25, -0.2) is 9.37 Å². The molecule has 1 saturated heterocycles. The molecule has 0 aliphatic carbocycles. The first-order valence-electron chi connectivity index (χ1n) is 11.6. The second-order valence-electron chi connectivity index (χ2n) is 8.13. The highest BCUT2D eigenvalue weighted by Gasteiger charge is 2.27. The van der Waals surface area contributed by atoms with Crippen LogP contribution in [-0.4, -0.2) is 73.2 Å². The van der Waals surface area contributed by atoms with E-state index < -0.39 is 16.6 Å². The van der Waals surface area contributed by atoms with E-state index in [4.69, 9.17) is 4.74 Å². The summed E-state index contributed by atoms with van der Waals surface area (Å²) >= 11 is 1.23. The number of morpholine rings is 1. The summed E-state index contributed by atoms with van der Waals surface area (Å²) in [4.78, 5) is 35.1. The van der Waals surface area contributed by atoms with E-state index in [-0.39, 0.29) is 29.2 Å². The van der Waals surface area contributed by atoms with Gasteiger partial charge in [-0.15, -0.1) is 12.4 Å². The quantitative estimate of drug-likeness (QED) is 0.291. The number of amides is 1. The molecule has 0 spiro atoms. The fourth-order valence-electron chi connectivity index (χ4n) is 4.11. The molecule has 0 bridgehead atoms. The summed E-state index contributed by atoms with van der Waals surface area (Å²) in [5, 5.41) is 12.3. The summed E-state index contributed by atoms with van der Waals surface area (Å²) < 4.78 is 20.3. The molecule has 1 fully saturated rings. The number of carbonyl (C=O) groups is 1. The molecule has 0 N–H and O–H groups in total. The number of benzene rings is 2. The Bertz CT molecular complexity index is 1220. The number of nitro benzene ring substituents is 1. The van der Waals surface area contributed by atoms with Crippen molar-refractivity contribution in [3.05, 3.63) is 57.9 Å². The lowest BCUT2D eigenvalue weighted by Crippen LogP contribution is -2.39. The zero-order valence-corrected chi connectivity index (χ0v) is 21.8. The number of nitro groups is 1. The van der Waals surface area contributed by atoms with Gasteiger partial charge in [0.1, 0.15) is 17.0 Å². The van der Waals surface area contributed by atoms with Gasteiger partial charge in [0, 0.05) is 37.8 Å². The molecule has 9 nitrogen and oxygen atoms in total. The second-order valence-corrected chi connectivity index (χ2v) is 9.14. The van der Waals surface area contributed by atoms with Gasteiger partial charge in [-0.2, -0.15) is 0 Å². The molecule has 0 saturated carbocycles. The molecule has 2 heterocycles. The van der Waals surface area contributed by atoms with Crippen LogP contribution in [0.15, 0.2) is 36.4 Å². The predicted molar refractivity (Wildman–Crippen MR) is 142 cm³/mol. The average Bonchev–Trinajstić information content (AvgIpc) is 3.32. The van der Waals surface area contributed by atoms with Gasteiger partial charge in [0.25, 0.3) is 11.6 Å². The highest BCUT2D eigenvalue weighted by molar-refractivity contribution is 7.22. The molecule has 1 aliphatic heterocycles. The molecule has 4 rings (SSSR count). The number of likely N-dealkylation sites (N-methyl/N-ethyl adjacent to an activating group) is 1. The highest BCUT2D eigenvalue weighted by atomic mass is 35.5. The molecule has 0 atom stereocenters. The Kier molecular flexibility index (Phi) is 9.55. The van der Waals surface area contributed by atoms with Gasteiger partial charge < -0.3 is 14.5 Å². The minimum atomic E-state index is -0.463. The maximum atomic E-state index is 14.3. The van der Waals surface area contributed by atoms with Crippen molar-refractivity contribution in [3.63, 3.8) is 0 Å². The van der Waals surface area contributed by atoms with Crippen LogP contribution in [0.25, 0.3) is 10.2 Å². The van der Waals surface area contributed by atoms with Crippen molar-refractivity contribution in [1.82, 2.24) is 9.88 Å². The van der Waals surface area contributed by atoms with Crippen molar-refractivity contribution in [1.29, 1.82) is 0 Å². The second kappa shape index (κ2) is 12.4. The summed E-state index contributed by atoms with van der Waals surface area (Å²) in [6, 6.07) is 9.26. The molecule has 0 radical (unpaired) electrons. The van der Waals surface area contributed by atoms with Crippen molar-refractivity contribution in [3.8, 4) is 0 Å². The van der Waals surface area contributed by atoms with Gasteiger partial charge in [-0.1, -0.05) is 31.3 Å². The van der Waals surface area contributed by atoms with Crippen LogP contribution in [0.4, 0.5) is 20.9 Å². The number of hydrogen-bond donors (Lipinski definition) is 0. The Balaban J connectivity index is 0.00000361. The third-order valence-electron chi connectivity index (χ3n) is 6.14. The summed E-state index contributed by atoms with van der Waals surface area (Å²) in [7, 11) is 0. The van der Waals surface area contributed by atoms with E-state index in [0.29, 0.717) is 54.9 Å². The molecule has 3 aromatic rings. The summed E-state index contributed by atoms with van der Waals surface area (Å²) in [6.45, 7) is 8.68. The van der Waals surface area contributed by atoms with E-state index in [2.05, 4.69) is 9.88 Å². The third kappa shape index (κ3) is 5.92. The molecule has 1 amide bonds. The van der Waals surface area contributed by atoms with E-state index in [1.807, 2.05) is 18.7 Å². The summed E-state index contributed by atoms with van der Waals surface area (Å²) in [5.41, 5.74) is 0.734. The van der Waals surface area contributed by atoms with E-state index in [1.54, 1.807) is 24.3 Å². The predicted octanol–water partition coefficient (Wildman–Crippen LogP) is 4.59. The standard InChI is InChI=1S/C24H28FN5O4S.ClH/c1-3-27(4-2)10-11-29(24-26-22-18(25)6-5-7-21(22)35-24)23(31)17-8-9-19(20(16-17)30(32)33)28-12-14-34-15-13-28;/h5-9,16H,3-4,10-15H2,1-2H3;1H. The van der Waals surface area contributed by atoms with Crippen LogP contribution in [0.2, 0.25) is 0 Å². The van der Waals surface area contributed by atoms with Gasteiger partial charge in [-0.05, 0) is 37.4 Å². The van der Waals surface area contributed by atoms with E-state index >= 15 is 0 Å². The molecule has 1 aliphatic rings. The largest absolute Gasteiger partial charge is 0.378 e. The number of fused-ring (bicyclic) bond motifs is 1. The third-order valence-corrected chi connectivity index (χ3v) is 7.18. The van der Waals surface area contributed by atoms with Gasteiger partial charge in [0.05, 0.1) is 22.8 Å². The number of para-hydroxylation sites is 1. The van der Waals surface area contributed by atoms with E-state index in [1.165, 1.54) is 28.4 Å². The van der Waals surface area contributed by atoms with Crippen LogP contribution in [0.1, 0.15) is 24.2 Å². The SMILES string of the molecule is CCN(CC)CCN(C(=O)c1ccc(N2CCOCC2)c([N+](=O)[O-])c1)c1nc2c(F)cccc2s1.Cl. The highest BCUT2D eigenvalue weighted by Crippen LogP contribution is 2.33. The lowest BCUT2D eigenvalue weighted by Gasteiger charge is -2.29. The van der Waals surface area contributed by atoms with Crippen molar-refractivity contribution in [2.75, 3.05) is 62.3 Å². The number of thiazole rings is 1. The van der Waals surface area contributed by atoms with Crippen LogP contribution in [0.5, 0.6) is 0 Å². The smallest absolute Gasteiger partial charge is 0.293 e. The van der Waals surface area contributed by atoms with Gasteiger partial charge in [0.2, 0.25) is 0 Å². The number of aromatic nitrogens is 1. The normalized spacial score (nSPS) is 13.6. The molecule has 36 heavy (non-hydrogen) atoms. The Labute approximate surface area is 219 Å². The lowest BCUT2D eigenvalue weighted by molar-refractivity contribution is -0.384. The Morgan fingerprint density at radius 1 is 1.19 bits per heavy atom. The van der Waals surface area contributed by atoms with Crippen LogP contribution in [-0.2, 0) is 4.74 Å². The Morgan fingerprint density at radius 2 is 1.92 bits per heavy atom. The van der Waals surface area contributed by atoms with Crippen molar-refractivity contribution >= 4 is 56.4 Å². The summed E-state index contributed by atoms with van der Waals surface area (Å²) in [6.07, 6.45) is 0. The first-order chi connectivity index (χ1) is 16.9. The Morgan fingerprint density at radius 3 is 2.56 bits per heavy atom. The number of halogens is 2. The maximum absolute atomic E-state index is 14.3. The minimum absolute atomic E-state index is 0. The number of ether oxygens (including phenoxy) is 1. The molecule has 0 unspecified atom stereocenters. The van der Waals surface area contributed by atoms with Crippen molar-refractivity contribution in [2.45, 2.75) is 13.8 Å². The number of nitrogens with zero attached hydrogens (tertiary/aromatic N) is 5. The number of anilines is 2. The number of rotatable bonds is 9. The van der Waals surface area contributed by atoms with Gasteiger partial charge in [-0.3, -0.25) is 19.8 Å². The minimum Gasteiger partial charge on any atom is -0.378 e. The average molecular weight is 538 g/mol. The topological polar surface area (TPSA) is 92.0 Å². The molecule has 12 heteroatoms. The van der Waals surface area contributed by atoms with Crippen molar-refractivity contribution in [2.24, 2.45) is 0 Å². The van der Waals surface area contributed by atoms with Crippen LogP contribution >= 0.6 is 23.7 Å². The lowest BCUT2D eigenvalue weighted by atomic mass is 10.1. The van der Waals surface area contributed by atoms with Gasteiger partial charge in [0.15, 0.2) is 5.13 Å². The van der Waals surface area contributed by atoms with Crippen LogP contribution in [0.3, 0.4) is 0 Å². The van der Waals surface area contributed by atoms with Gasteiger partial charge >= 0.3 is 0 Å². The van der Waals surface area contributed by atoms with Crippen LogP contribution in [0, 0.1) is 15.9 Å².